The second-order valence-electron chi connectivity index (χ2n) is 13.9. The van der Waals surface area contributed by atoms with E-state index >= 15 is 0 Å². The van der Waals surface area contributed by atoms with Crippen molar-refractivity contribution in [3.8, 4) is 0 Å². The summed E-state index contributed by atoms with van der Waals surface area (Å²) in [6.45, 7) is 0. The normalized spacial score (nSPS) is 7.48. The van der Waals surface area contributed by atoms with Crippen LogP contribution in [-0.4, -0.2) is 113 Å². The number of hydrogen-bond donors (Lipinski definition) is 0. The largest absolute Gasteiger partial charge is 0.0623 e. The zero-order chi connectivity index (χ0) is 50.9. The van der Waals surface area contributed by atoms with E-state index in [4.69, 9.17) is 0 Å². The molecule has 12 rings (SSSR count). The van der Waals surface area contributed by atoms with E-state index in [0.717, 1.165) is 0 Å². The summed E-state index contributed by atoms with van der Waals surface area (Å²) in [6.07, 6.45) is 0. The predicted octanol–water partition coefficient (Wildman–Crippen LogP) is 18.3. The molecule has 20 radical (unpaired) electrons. The average Bonchev–Trinajstić information content (AvgIpc) is 3.54. The summed E-state index contributed by atoms with van der Waals surface area (Å²) in [6, 6.07) is 144. The molecule has 0 atom stereocenters. The Labute approximate surface area is 544 Å². The summed E-state index contributed by atoms with van der Waals surface area (Å²) < 4.78 is 0. The van der Waals surface area contributed by atoms with Crippen molar-refractivity contribution in [3.63, 3.8) is 0 Å². The Bertz CT molecular complexity index is 1570. The molecule has 0 saturated carbocycles. The Morgan fingerprint density at radius 3 is 0.0779 bits per heavy atom. The second-order valence-corrected chi connectivity index (χ2v) is 13.9. The van der Waals surface area contributed by atoms with Gasteiger partial charge in [0.1, 0.15) is 0 Å². The van der Waals surface area contributed by atoms with E-state index < -0.39 is 0 Å². The van der Waals surface area contributed by atoms with Gasteiger partial charge in [-0.2, -0.15) is 0 Å². The molecule has 0 aliphatic rings. The van der Waals surface area contributed by atoms with Crippen molar-refractivity contribution in [2.24, 2.45) is 0 Å². The third kappa shape index (κ3) is 74.7. The molecule has 0 aromatic heterocycles. The first-order valence-electron chi connectivity index (χ1n) is 24.0. The van der Waals surface area contributed by atoms with Gasteiger partial charge in [0.2, 0.25) is 0 Å². The minimum Gasteiger partial charge on any atom is -0.0623 e. The molecule has 0 bridgehead atoms. The molecule has 0 nitrogen and oxygen atoms in total. The minimum absolute atomic E-state index is 0. The van der Waals surface area contributed by atoms with E-state index in [2.05, 4.69) is 0 Å². The van der Waals surface area contributed by atoms with E-state index in [0.29, 0.717) is 0 Å². The maximum absolute atomic E-state index is 2.00. The molecule has 0 spiro atoms. The van der Waals surface area contributed by atoms with E-state index in [1.165, 1.54) is 0 Å². The fraction of sp³-hybridized carbons (Fsp3) is 0. The average molecular weight is 1480 g/mol. The fourth-order valence-corrected chi connectivity index (χ4v) is 4.62. The Hall–Kier alpha value is -5.62. The van der Waals surface area contributed by atoms with Crippen LogP contribution in [-0.2, 0) is 0 Å². The molecule has 380 valence electrons. The van der Waals surface area contributed by atoms with Crippen LogP contribution in [0, 0.1) is 0 Å². The van der Waals surface area contributed by atoms with Gasteiger partial charge in [-0.05, 0) is 0 Å². The van der Waals surface area contributed by atoms with Crippen molar-refractivity contribution in [2.75, 3.05) is 0 Å². The van der Waals surface area contributed by atoms with E-state index in [1.54, 1.807) is 0 Å². The minimum atomic E-state index is 0. The molecule has 0 heterocycles. The Kier molecular flexibility index (Phi) is 80.1. The first kappa shape index (κ1) is 80.2. The van der Waals surface area contributed by atoms with Crippen molar-refractivity contribution in [2.45, 2.75) is 0 Å². The Morgan fingerprint density at radius 2 is 0.0649 bits per heavy atom. The standard InChI is InChI=1S/12C6H6.Ge.4Sn/c12*1-2-4-6-5-3-1;;;;;/h12*1-6H;;;;;. The zero-order valence-electron chi connectivity index (χ0n) is 44.1. The second kappa shape index (κ2) is 76.9. The molecule has 5 heteroatoms. The molecule has 12 aromatic rings. The van der Waals surface area contributed by atoms with Gasteiger partial charge in [-0.15, -0.1) is 0 Å². The molecule has 0 aliphatic heterocycles. The maximum atomic E-state index is 2.00. The van der Waals surface area contributed by atoms with Crippen molar-refractivity contribution in [3.05, 3.63) is 437 Å². The molecule has 0 unspecified atom stereocenters. The summed E-state index contributed by atoms with van der Waals surface area (Å²) in [5.74, 6) is 0. The summed E-state index contributed by atoms with van der Waals surface area (Å²) in [4.78, 5) is 0. The van der Waals surface area contributed by atoms with Gasteiger partial charge in [0, 0.05) is 113 Å². The smallest absolute Gasteiger partial charge is 0 e. The molecular formula is C72H72GeSn4. The van der Waals surface area contributed by atoms with Crippen LogP contribution in [0.3, 0.4) is 0 Å². The van der Waals surface area contributed by atoms with Gasteiger partial charge >= 0.3 is 0 Å². The molecule has 77 heavy (non-hydrogen) atoms. The van der Waals surface area contributed by atoms with Gasteiger partial charge in [0.05, 0.1) is 0 Å². The van der Waals surface area contributed by atoms with Crippen molar-refractivity contribution >= 4 is 113 Å². The molecule has 0 fully saturated rings. The van der Waals surface area contributed by atoms with Crippen molar-refractivity contribution in [1.29, 1.82) is 0 Å². The van der Waals surface area contributed by atoms with Crippen LogP contribution in [0.2, 0.25) is 0 Å². The van der Waals surface area contributed by atoms with Crippen LogP contribution in [0.15, 0.2) is 437 Å². The number of hydrogen-bond acceptors (Lipinski definition) is 0. The predicted molar refractivity (Wildman–Crippen MR) is 346 cm³/mol. The van der Waals surface area contributed by atoms with Gasteiger partial charge in [-0.1, -0.05) is 437 Å². The SMILES string of the molecule is [Ge].[Sn].[Sn].[Sn].[Sn].c1ccccc1.c1ccccc1.c1ccccc1.c1ccccc1.c1ccccc1.c1ccccc1.c1ccccc1.c1ccccc1.c1ccccc1.c1ccccc1.c1ccccc1.c1ccccc1. The van der Waals surface area contributed by atoms with Gasteiger partial charge in [0.25, 0.3) is 0 Å². The van der Waals surface area contributed by atoms with Crippen LogP contribution >= 0.6 is 0 Å². The number of benzene rings is 12. The molecule has 12 aromatic carbocycles. The fourth-order valence-electron chi connectivity index (χ4n) is 4.62. The maximum Gasteiger partial charge on any atom is 0 e. The van der Waals surface area contributed by atoms with Crippen molar-refractivity contribution < 1.29 is 0 Å². The third-order valence-electron chi connectivity index (χ3n) is 8.00. The van der Waals surface area contributed by atoms with E-state index in [9.17, 15) is 0 Å². The van der Waals surface area contributed by atoms with Crippen LogP contribution in [0.25, 0.3) is 0 Å². The van der Waals surface area contributed by atoms with E-state index in [-0.39, 0.29) is 113 Å². The first-order chi connectivity index (χ1) is 36.0. The van der Waals surface area contributed by atoms with E-state index in [1.807, 2.05) is 437 Å². The summed E-state index contributed by atoms with van der Waals surface area (Å²) >= 11 is 0. The topological polar surface area (TPSA) is 0 Å². The Balaban J connectivity index is -0.000000243. The van der Waals surface area contributed by atoms with Crippen LogP contribution < -0.4 is 0 Å². The summed E-state index contributed by atoms with van der Waals surface area (Å²) in [7, 11) is 0. The molecule has 0 N–H and O–H groups in total. The van der Waals surface area contributed by atoms with Gasteiger partial charge < -0.3 is 0 Å². The molecule has 0 amide bonds. The first-order valence-corrected chi connectivity index (χ1v) is 24.0. The van der Waals surface area contributed by atoms with Crippen LogP contribution in [0.1, 0.15) is 0 Å². The van der Waals surface area contributed by atoms with Crippen LogP contribution in [0.5, 0.6) is 0 Å². The molecule has 0 saturated heterocycles. The molecule has 0 aliphatic carbocycles. The Morgan fingerprint density at radius 1 is 0.0519 bits per heavy atom. The molecular weight excluding hydrogens is 1410 g/mol. The van der Waals surface area contributed by atoms with Gasteiger partial charge in [0.15, 0.2) is 0 Å². The quantitative estimate of drug-likeness (QED) is 0.133. The summed E-state index contributed by atoms with van der Waals surface area (Å²) in [5, 5.41) is 0. The monoisotopic (exact) mass is 1490 g/mol. The number of rotatable bonds is 0. The summed E-state index contributed by atoms with van der Waals surface area (Å²) in [5.41, 5.74) is 0. The van der Waals surface area contributed by atoms with Gasteiger partial charge in [-0.25, -0.2) is 0 Å². The zero-order valence-corrected chi connectivity index (χ0v) is 57.6. The van der Waals surface area contributed by atoms with Crippen LogP contribution in [0.4, 0.5) is 0 Å². The van der Waals surface area contributed by atoms with Gasteiger partial charge in [-0.3, -0.25) is 0 Å². The third-order valence-corrected chi connectivity index (χ3v) is 8.00. The van der Waals surface area contributed by atoms with Crippen molar-refractivity contribution in [1.82, 2.24) is 0 Å².